The number of halogens is 2. The second-order valence-corrected chi connectivity index (χ2v) is 8.13. The highest BCUT2D eigenvalue weighted by Crippen LogP contribution is 2.27. The molecular formula is C19H21BrClN3O3. The Hall–Kier alpha value is -1.96. The monoisotopic (exact) mass is 453 g/mol. The summed E-state index contributed by atoms with van der Waals surface area (Å²) in [7, 11) is 0. The Morgan fingerprint density at radius 1 is 1.30 bits per heavy atom. The van der Waals surface area contributed by atoms with Gasteiger partial charge in [-0.15, -0.1) is 0 Å². The van der Waals surface area contributed by atoms with Crippen LogP contribution in [0.5, 0.6) is 0 Å². The van der Waals surface area contributed by atoms with Gasteiger partial charge in [-0.3, -0.25) is 4.79 Å². The molecule has 2 amide bonds. The first-order valence-electron chi connectivity index (χ1n) is 8.26. The number of imide groups is 1. The molecule has 144 valence electrons. The highest BCUT2D eigenvalue weighted by molar-refractivity contribution is 9.10. The third kappa shape index (κ3) is 6.02. The molecule has 0 bridgehead atoms. The highest BCUT2D eigenvalue weighted by atomic mass is 79.9. The SMILES string of the molecule is CC(C)(C)OC(=O)N(C(=O)[C@@H](N)Cc1ccccc1)c1cnc(Cl)c(Br)c1. The number of nitrogens with two attached hydrogens (primary N) is 1. The minimum Gasteiger partial charge on any atom is -0.443 e. The van der Waals surface area contributed by atoms with Gasteiger partial charge in [0.2, 0.25) is 0 Å². The average molecular weight is 455 g/mol. The van der Waals surface area contributed by atoms with Crippen LogP contribution in [0.1, 0.15) is 26.3 Å². The van der Waals surface area contributed by atoms with E-state index in [9.17, 15) is 9.59 Å². The summed E-state index contributed by atoms with van der Waals surface area (Å²) in [5.41, 5.74) is 6.42. The fraction of sp³-hybridized carbons (Fsp3) is 0.316. The van der Waals surface area contributed by atoms with Gasteiger partial charge >= 0.3 is 6.09 Å². The van der Waals surface area contributed by atoms with Crippen molar-refractivity contribution in [1.29, 1.82) is 0 Å². The Morgan fingerprint density at radius 3 is 2.48 bits per heavy atom. The number of carbonyl (C=O) groups is 2. The molecule has 0 fully saturated rings. The molecule has 0 aliphatic rings. The summed E-state index contributed by atoms with van der Waals surface area (Å²) in [6.07, 6.45) is 0.776. The minimum absolute atomic E-state index is 0.212. The normalized spacial score (nSPS) is 12.4. The maximum Gasteiger partial charge on any atom is 0.421 e. The van der Waals surface area contributed by atoms with Gasteiger partial charge in [-0.25, -0.2) is 14.7 Å². The number of hydrogen-bond acceptors (Lipinski definition) is 5. The molecule has 27 heavy (non-hydrogen) atoms. The van der Waals surface area contributed by atoms with Gasteiger partial charge in [-0.1, -0.05) is 41.9 Å². The number of carbonyl (C=O) groups excluding carboxylic acids is 2. The van der Waals surface area contributed by atoms with Crippen molar-refractivity contribution in [1.82, 2.24) is 4.98 Å². The second kappa shape index (κ2) is 8.82. The number of pyridine rings is 1. The van der Waals surface area contributed by atoms with E-state index in [1.165, 1.54) is 12.3 Å². The van der Waals surface area contributed by atoms with Crippen LogP contribution in [0.4, 0.5) is 10.5 Å². The molecule has 1 aromatic carbocycles. The first-order valence-corrected chi connectivity index (χ1v) is 9.43. The molecule has 0 saturated heterocycles. The third-order valence-electron chi connectivity index (χ3n) is 3.45. The van der Waals surface area contributed by atoms with E-state index in [-0.39, 0.29) is 17.3 Å². The highest BCUT2D eigenvalue weighted by Gasteiger charge is 2.32. The number of rotatable bonds is 4. The van der Waals surface area contributed by atoms with Crippen molar-refractivity contribution in [2.45, 2.75) is 38.8 Å². The Morgan fingerprint density at radius 2 is 1.93 bits per heavy atom. The molecule has 0 saturated carbocycles. The Balaban J connectivity index is 2.34. The van der Waals surface area contributed by atoms with E-state index in [1.54, 1.807) is 20.8 Å². The number of hydrogen-bond donors (Lipinski definition) is 1. The average Bonchev–Trinajstić information content (AvgIpc) is 2.57. The molecule has 0 spiro atoms. The van der Waals surface area contributed by atoms with Crippen LogP contribution in [0, 0.1) is 0 Å². The van der Waals surface area contributed by atoms with Crippen LogP contribution in [0.25, 0.3) is 0 Å². The quantitative estimate of drug-likeness (QED) is 0.695. The van der Waals surface area contributed by atoms with Crippen LogP contribution in [0.15, 0.2) is 47.1 Å². The zero-order chi connectivity index (χ0) is 20.2. The van der Waals surface area contributed by atoms with Crippen molar-refractivity contribution >= 4 is 45.2 Å². The zero-order valence-corrected chi connectivity index (χ0v) is 17.6. The molecule has 0 aliphatic carbocycles. The maximum atomic E-state index is 13.0. The maximum absolute atomic E-state index is 13.0. The van der Waals surface area contributed by atoms with Gasteiger partial charge < -0.3 is 10.5 Å². The van der Waals surface area contributed by atoms with Crippen molar-refractivity contribution < 1.29 is 14.3 Å². The first kappa shape index (κ1) is 21.3. The van der Waals surface area contributed by atoms with Gasteiger partial charge in [0, 0.05) is 0 Å². The van der Waals surface area contributed by atoms with Crippen LogP contribution in [-0.2, 0) is 16.0 Å². The number of amides is 2. The largest absolute Gasteiger partial charge is 0.443 e. The van der Waals surface area contributed by atoms with Crippen molar-refractivity contribution in [2.24, 2.45) is 5.73 Å². The van der Waals surface area contributed by atoms with E-state index in [0.29, 0.717) is 4.47 Å². The van der Waals surface area contributed by atoms with Gasteiger partial charge in [-0.05, 0) is 54.8 Å². The Kier molecular flexibility index (Phi) is 6.97. The van der Waals surface area contributed by atoms with Gasteiger partial charge in [0.15, 0.2) is 0 Å². The number of nitrogens with zero attached hydrogens (tertiary/aromatic N) is 2. The smallest absolute Gasteiger partial charge is 0.421 e. The van der Waals surface area contributed by atoms with Gasteiger partial charge in [0.05, 0.1) is 22.4 Å². The lowest BCUT2D eigenvalue weighted by Crippen LogP contribution is -2.49. The number of aromatic nitrogens is 1. The van der Waals surface area contributed by atoms with E-state index in [2.05, 4.69) is 20.9 Å². The fourth-order valence-electron chi connectivity index (χ4n) is 2.28. The number of benzene rings is 1. The lowest BCUT2D eigenvalue weighted by molar-refractivity contribution is -0.119. The predicted octanol–water partition coefficient (Wildman–Crippen LogP) is 4.34. The molecule has 2 N–H and O–H groups in total. The molecule has 1 aromatic heterocycles. The van der Waals surface area contributed by atoms with E-state index >= 15 is 0 Å². The summed E-state index contributed by atoms with van der Waals surface area (Å²) in [6, 6.07) is 9.91. The molecule has 0 unspecified atom stereocenters. The fourth-order valence-corrected chi connectivity index (χ4v) is 2.73. The Labute approximate surface area is 171 Å². The Bertz CT molecular complexity index is 825. The topological polar surface area (TPSA) is 85.5 Å². The number of anilines is 1. The van der Waals surface area contributed by atoms with E-state index in [0.717, 1.165) is 10.5 Å². The van der Waals surface area contributed by atoms with Crippen LogP contribution in [-0.4, -0.2) is 28.6 Å². The second-order valence-electron chi connectivity index (χ2n) is 6.92. The number of ether oxygens (including phenoxy) is 1. The van der Waals surface area contributed by atoms with Gasteiger partial charge in [0.25, 0.3) is 5.91 Å². The van der Waals surface area contributed by atoms with E-state index < -0.39 is 23.6 Å². The van der Waals surface area contributed by atoms with Crippen LogP contribution in [0.2, 0.25) is 5.15 Å². The van der Waals surface area contributed by atoms with Crippen molar-refractivity contribution in [3.63, 3.8) is 0 Å². The molecule has 2 rings (SSSR count). The minimum atomic E-state index is -0.936. The van der Waals surface area contributed by atoms with Crippen LogP contribution < -0.4 is 10.6 Å². The molecule has 6 nitrogen and oxygen atoms in total. The van der Waals surface area contributed by atoms with E-state index in [4.69, 9.17) is 22.1 Å². The zero-order valence-electron chi connectivity index (χ0n) is 15.3. The summed E-state index contributed by atoms with van der Waals surface area (Å²) >= 11 is 9.17. The summed E-state index contributed by atoms with van der Waals surface area (Å²) in [5.74, 6) is -0.593. The van der Waals surface area contributed by atoms with Crippen molar-refractivity contribution in [3.8, 4) is 0 Å². The lowest BCUT2D eigenvalue weighted by atomic mass is 10.1. The van der Waals surface area contributed by atoms with Crippen molar-refractivity contribution in [3.05, 3.63) is 57.8 Å². The van der Waals surface area contributed by atoms with Gasteiger partial charge in [0.1, 0.15) is 10.8 Å². The van der Waals surface area contributed by atoms with Gasteiger partial charge in [-0.2, -0.15) is 0 Å². The summed E-state index contributed by atoms with van der Waals surface area (Å²) in [6.45, 7) is 5.15. The third-order valence-corrected chi connectivity index (χ3v) is 4.59. The summed E-state index contributed by atoms with van der Waals surface area (Å²) in [4.78, 5) is 30.6. The van der Waals surface area contributed by atoms with Crippen molar-refractivity contribution in [2.75, 3.05) is 4.90 Å². The molecule has 0 aliphatic heterocycles. The molecule has 8 heteroatoms. The molecule has 0 radical (unpaired) electrons. The molecule has 1 atom stereocenters. The molecule has 2 aromatic rings. The van der Waals surface area contributed by atoms with E-state index in [1.807, 2.05) is 30.3 Å². The van der Waals surface area contributed by atoms with Crippen LogP contribution >= 0.6 is 27.5 Å². The summed E-state index contributed by atoms with van der Waals surface area (Å²) in [5, 5.41) is 0.212. The molecule has 1 heterocycles. The van der Waals surface area contributed by atoms with Crippen LogP contribution in [0.3, 0.4) is 0 Å². The predicted molar refractivity (Wildman–Crippen MR) is 109 cm³/mol. The first-order chi connectivity index (χ1) is 12.6. The standard InChI is InChI=1S/C19H21BrClN3O3/c1-19(2,3)27-18(26)24(13-10-14(20)16(21)23-11-13)17(25)15(22)9-12-7-5-4-6-8-12/h4-8,10-11,15H,9,22H2,1-3H3/t15-/m0/s1. The summed E-state index contributed by atoms with van der Waals surface area (Å²) < 4.78 is 5.82. The lowest BCUT2D eigenvalue weighted by Gasteiger charge is -2.28. The molecular weight excluding hydrogens is 434 g/mol.